The van der Waals surface area contributed by atoms with Crippen molar-refractivity contribution >= 4 is 68.1 Å². The standard InChI is InChI=1S/C22H16Cl2N2O3S2/c1-2-29-14-5-8-18-19(11-14)31-22(26-18)30-15-6-3-13(4-7-15)25-21(28)16-9-12(23)10-17(24)20(16)27/h3-11,27H,2H2,1H3,(H,25,28). The minimum absolute atomic E-state index is 0.0110. The lowest BCUT2D eigenvalue weighted by molar-refractivity contribution is 0.102. The van der Waals surface area contributed by atoms with Gasteiger partial charge in [0.1, 0.15) is 11.5 Å². The summed E-state index contributed by atoms with van der Waals surface area (Å²) in [6.45, 7) is 2.58. The first kappa shape index (κ1) is 21.8. The number of aromatic hydroxyl groups is 1. The number of ether oxygens (including phenoxy) is 1. The average molecular weight is 491 g/mol. The zero-order valence-corrected chi connectivity index (χ0v) is 19.3. The number of hydrogen-bond donors (Lipinski definition) is 2. The molecule has 158 valence electrons. The molecule has 9 heteroatoms. The molecule has 0 aliphatic rings. The van der Waals surface area contributed by atoms with E-state index in [2.05, 4.69) is 10.3 Å². The molecule has 0 radical (unpaired) electrons. The van der Waals surface area contributed by atoms with E-state index in [-0.39, 0.29) is 21.4 Å². The van der Waals surface area contributed by atoms with E-state index in [1.807, 2.05) is 37.3 Å². The van der Waals surface area contributed by atoms with Gasteiger partial charge in [-0.05, 0) is 61.5 Å². The molecule has 0 atom stereocenters. The van der Waals surface area contributed by atoms with Crippen LogP contribution in [0.4, 0.5) is 5.69 Å². The maximum atomic E-state index is 12.5. The van der Waals surface area contributed by atoms with Gasteiger partial charge in [0.05, 0.1) is 27.4 Å². The van der Waals surface area contributed by atoms with Crippen LogP contribution in [0.25, 0.3) is 10.2 Å². The number of phenols is 1. The molecule has 2 N–H and O–H groups in total. The Kier molecular flexibility index (Phi) is 6.57. The van der Waals surface area contributed by atoms with Crippen molar-refractivity contribution in [1.82, 2.24) is 4.98 Å². The van der Waals surface area contributed by atoms with Crippen LogP contribution >= 0.6 is 46.3 Å². The Labute approximate surface area is 197 Å². The molecular weight excluding hydrogens is 475 g/mol. The average Bonchev–Trinajstić information content (AvgIpc) is 3.14. The van der Waals surface area contributed by atoms with E-state index in [9.17, 15) is 9.90 Å². The topological polar surface area (TPSA) is 71.5 Å². The van der Waals surface area contributed by atoms with Gasteiger partial charge in [-0.2, -0.15) is 0 Å². The molecule has 0 bridgehead atoms. The fraction of sp³-hybridized carbons (Fsp3) is 0.0909. The van der Waals surface area contributed by atoms with Crippen LogP contribution in [0.5, 0.6) is 11.5 Å². The molecule has 1 aromatic heterocycles. The number of thiazole rings is 1. The van der Waals surface area contributed by atoms with Gasteiger partial charge in [-0.15, -0.1) is 11.3 Å². The van der Waals surface area contributed by atoms with E-state index in [0.717, 1.165) is 25.2 Å². The summed E-state index contributed by atoms with van der Waals surface area (Å²) in [5.74, 6) is 0.0278. The second-order valence-corrected chi connectivity index (χ2v) is 9.60. The van der Waals surface area contributed by atoms with Crippen LogP contribution in [-0.4, -0.2) is 22.6 Å². The fourth-order valence-electron chi connectivity index (χ4n) is 2.83. The Morgan fingerprint density at radius 1 is 1.16 bits per heavy atom. The van der Waals surface area contributed by atoms with Crippen LogP contribution in [0.15, 0.2) is 63.8 Å². The summed E-state index contributed by atoms with van der Waals surface area (Å²) in [5.41, 5.74) is 1.52. The van der Waals surface area contributed by atoms with Gasteiger partial charge < -0.3 is 15.2 Å². The van der Waals surface area contributed by atoms with Gasteiger partial charge in [-0.25, -0.2) is 4.98 Å². The first-order valence-corrected chi connectivity index (χ1v) is 11.6. The molecule has 1 amide bonds. The third-order valence-corrected chi connectivity index (χ3v) is 6.83. The third kappa shape index (κ3) is 5.07. The number of amides is 1. The van der Waals surface area contributed by atoms with E-state index in [4.69, 9.17) is 27.9 Å². The molecule has 0 saturated heterocycles. The molecule has 0 saturated carbocycles. The predicted molar refractivity (Wildman–Crippen MR) is 127 cm³/mol. The van der Waals surface area contributed by atoms with E-state index >= 15 is 0 Å². The van der Waals surface area contributed by atoms with Crippen LogP contribution in [0, 0.1) is 0 Å². The SMILES string of the molecule is CCOc1ccc2nc(Sc3ccc(NC(=O)c4cc(Cl)cc(Cl)c4O)cc3)sc2c1. The second kappa shape index (κ2) is 9.36. The zero-order valence-electron chi connectivity index (χ0n) is 16.2. The summed E-state index contributed by atoms with van der Waals surface area (Å²) in [4.78, 5) is 18.1. The van der Waals surface area contributed by atoms with Crippen LogP contribution < -0.4 is 10.1 Å². The first-order chi connectivity index (χ1) is 14.9. The van der Waals surface area contributed by atoms with Crippen molar-refractivity contribution in [3.05, 3.63) is 70.2 Å². The summed E-state index contributed by atoms with van der Waals surface area (Å²) < 4.78 is 7.53. The van der Waals surface area contributed by atoms with Gasteiger partial charge in [-0.3, -0.25) is 4.79 Å². The molecule has 0 unspecified atom stereocenters. The van der Waals surface area contributed by atoms with E-state index < -0.39 is 5.91 Å². The minimum atomic E-state index is -0.501. The van der Waals surface area contributed by atoms with Crippen molar-refractivity contribution in [1.29, 1.82) is 0 Å². The Morgan fingerprint density at radius 2 is 1.94 bits per heavy atom. The van der Waals surface area contributed by atoms with Gasteiger partial charge in [-0.1, -0.05) is 35.0 Å². The maximum Gasteiger partial charge on any atom is 0.259 e. The number of carbonyl (C=O) groups excluding carboxylic acids is 1. The Morgan fingerprint density at radius 3 is 2.68 bits per heavy atom. The van der Waals surface area contributed by atoms with Gasteiger partial charge >= 0.3 is 0 Å². The number of fused-ring (bicyclic) bond motifs is 1. The molecule has 0 aliphatic carbocycles. The van der Waals surface area contributed by atoms with Crippen molar-refractivity contribution in [3.63, 3.8) is 0 Å². The number of anilines is 1. The second-order valence-electron chi connectivity index (χ2n) is 6.41. The number of nitrogens with one attached hydrogen (secondary N) is 1. The predicted octanol–water partition coefficient (Wildman–Crippen LogP) is 7.11. The molecule has 1 heterocycles. The summed E-state index contributed by atoms with van der Waals surface area (Å²) in [5, 5.41) is 13.0. The van der Waals surface area contributed by atoms with Crippen molar-refractivity contribution in [3.8, 4) is 11.5 Å². The van der Waals surface area contributed by atoms with Gasteiger partial charge in [0.25, 0.3) is 5.91 Å². The quantitative estimate of drug-likeness (QED) is 0.301. The monoisotopic (exact) mass is 490 g/mol. The number of benzene rings is 3. The number of halogens is 2. The number of aromatic nitrogens is 1. The van der Waals surface area contributed by atoms with Crippen LogP contribution in [0.3, 0.4) is 0 Å². The summed E-state index contributed by atoms with van der Waals surface area (Å²) in [6, 6.07) is 16.0. The van der Waals surface area contributed by atoms with Crippen LogP contribution in [0.1, 0.15) is 17.3 Å². The highest BCUT2D eigenvalue weighted by Gasteiger charge is 2.16. The lowest BCUT2D eigenvalue weighted by Gasteiger charge is -2.09. The highest BCUT2D eigenvalue weighted by molar-refractivity contribution is 8.01. The smallest absolute Gasteiger partial charge is 0.259 e. The van der Waals surface area contributed by atoms with Crippen molar-refractivity contribution in [2.75, 3.05) is 11.9 Å². The summed E-state index contributed by atoms with van der Waals surface area (Å²) in [7, 11) is 0. The van der Waals surface area contributed by atoms with Crippen LogP contribution in [-0.2, 0) is 0 Å². The van der Waals surface area contributed by atoms with E-state index in [0.29, 0.717) is 12.3 Å². The van der Waals surface area contributed by atoms with Crippen molar-refractivity contribution in [2.24, 2.45) is 0 Å². The van der Waals surface area contributed by atoms with E-state index in [1.54, 1.807) is 35.2 Å². The van der Waals surface area contributed by atoms with Crippen molar-refractivity contribution in [2.45, 2.75) is 16.2 Å². The number of nitrogens with zero attached hydrogens (tertiary/aromatic N) is 1. The Hall–Kier alpha value is -2.45. The number of phenolic OH excluding ortho intramolecular Hbond substituents is 1. The third-order valence-electron chi connectivity index (χ3n) is 4.24. The number of hydrogen-bond acceptors (Lipinski definition) is 6. The van der Waals surface area contributed by atoms with Gasteiger partial charge in [0.15, 0.2) is 4.34 Å². The molecule has 4 aromatic rings. The number of carbonyl (C=O) groups is 1. The molecule has 31 heavy (non-hydrogen) atoms. The molecule has 3 aromatic carbocycles. The number of rotatable bonds is 6. The normalized spacial score (nSPS) is 10.9. The lowest BCUT2D eigenvalue weighted by Crippen LogP contribution is -2.12. The molecular formula is C22H16Cl2N2O3S2. The molecule has 5 nitrogen and oxygen atoms in total. The van der Waals surface area contributed by atoms with Gasteiger partial charge in [0.2, 0.25) is 0 Å². The highest BCUT2D eigenvalue weighted by Crippen LogP contribution is 2.36. The van der Waals surface area contributed by atoms with Crippen molar-refractivity contribution < 1.29 is 14.6 Å². The fourth-order valence-corrected chi connectivity index (χ4v) is 5.39. The molecule has 0 aliphatic heterocycles. The highest BCUT2D eigenvalue weighted by atomic mass is 35.5. The first-order valence-electron chi connectivity index (χ1n) is 9.23. The van der Waals surface area contributed by atoms with E-state index in [1.165, 1.54) is 12.1 Å². The molecule has 0 spiro atoms. The minimum Gasteiger partial charge on any atom is -0.506 e. The summed E-state index contributed by atoms with van der Waals surface area (Å²) >= 11 is 15.0. The van der Waals surface area contributed by atoms with Crippen LogP contribution in [0.2, 0.25) is 10.0 Å². The maximum absolute atomic E-state index is 12.5. The van der Waals surface area contributed by atoms with Gasteiger partial charge in [0, 0.05) is 15.6 Å². The molecule has 4 rings (SSSR count). The zero-order chi connectivity index (χ0) is 22.0. The molecule has 0 fully saturated rings. The Bertz CT molecular complexity index is 1260. The lowest BCUT2D eigenvalue weighted by atomic mass is 10.2. The largest absolute Gasteiger partial charge is 0.506 e. The summed E-state index contributed by atoms with van der Waals surface area (Å²) in [6.07, 6.45) is 0. The Balaban J connectivity index is 1.46.